The van der Waals surface area contributed by atoms with Gasteiger partial charge in [0.05, 0.1) is 11.1 Å². The Bertz CT molecular complexity index is 855. The van der Waals surface area contributed by atoms with E-state index in [2.05, 4.69) is 5.32 Å². The molecule has 3 aromatic rings. The second-order valence-electron chi connectivity index (χ2n) is 5.30. The van der Waals surface area contributed by atoms with Crippen LogP contribution in [0.25, 0.3) is 5.69 Å². The Kier molecular flexibility index (Phi) is 4.43. The van der Waals surface area contributed by atoms with Gasteiger partial charge in [-0.1, -0.05) is 48.5 Å². The second-order valence-corrected chi connectivity index (χ2v) is 5.30. The molecule has 0 radical (unpaired) electrons. The van der Waals surface area contributed by atoms with Crippen LogP contribution in [0.15, 0.2) is 73.1 Å². The monoisotopic (exact) mass is 320 g/mol. The van der Waals surface area contributed by atoms with Gasteiger partial charge in [-0.25, -0.2) is 4.79 Å². The van der Waals surface area contributed by atoms with Gasteiger partial charge in [-0.2, -0.15) is 0 Å². The molecule has 0 saturated carbocycles. The molecular weight excluding hydrogens is 304 g/mol. The van der Waals surface area contributed by atoms with Crippen molar-refractivity contribution in [3.63, 3.8) is 0 Å². The molecule has 1 aromatic heterocycles. The lowest BCUT2D eigenvalue weighted by Gasteiger charge is -2.05. The number of carboxylic acid groups (broad SMARTS) is 1. The molecule has 0 bridgehead atoms. The zero-order chi connectivity index (χ0) is 16.9. The van der Waals surface area contributed by atoms with Crippen molar-refractivity contribution >= 4 is 11.9 Å². The maximum absolute atomic E-state index is 12.4. The van der Waals surface area contributed by atoms with E-state index in [9.17, 15) is 14.7 Å². The molecule has 2 aromatic carbocycles. The van der Waals surface area contributed by atoms with E-state index in [1.807, 2.05) is 60.7 Å². The lowest BCUT2D eigenvalue weighted by atomic mass is 10.2. The Morgan fingerprint density at radius 3 is 2.08 bits per heavy atom. The molecule has 5 heteroatoms. The second kappa shape index (κ2) is 6.83. The van der Waals surface area contributed by atoms with Crippen LogP contribution >= 0.6 is 0 Å². The van der Waals surface area contributed by atoms with E-state index in [1.165, 1.54) is 6.20 Å². The Hall–Kier alpha value is -3.34. The highest BCUT2D eigenvalue weighted by Crippen LogP contribution is 2.16. The molecule has 0 unspecified atom stereocenters. The van der Waals surface area contributed by atoms with Gasteiger partial charge in [-0.15, -0.1) is 0 Å². The van der Waals surface area contributed by atoms with Crippen LogP contribution in [0, 0.1) is 0 Å². The molecule has 0 aliphatic heterocycles. The number of amides is 1. The molecule has 0 aliphatic rings. The van der Waals surface area contributed by atoms with E-state index >= 15 is 0 Å². The molecule has 1 amide bonds. The quantitative estimate of drug-likeness (QED) is 0.759. The number of benzene rings is 2. The van der Waals surface area contributed by atoms with Gasteiger partial charge in [-0.05, 0) is 17.7 Å². The first-order chi connectivity index (χ1) is 11.6. The van der Waals surface area contributed by atoms with E-state index < -0.39 is 11.9 Å². The van der Waals surface area contributed by atoms with Crippen LogP contribution in [0.2, 0.25) is 0 Å². The zero-order valence-corrected chi connectivity index (χ0v) is 12.8. The normalized spacial score (nSPS) is 10.3. The SMILES string of the molecule is O=C(O)c1cn(-c2ccccc2)cc1C(=O)NCc1ccccc1. The first-order valence-electron chi connectivity index (χ1n) is 7.48. The van der Waals surface area contributed by atoms with E-state index in [0.29, 0.717) is 6.54 Å². The number of aromatic carboxylic acids is 1. The van der Waals surface area contributed by atoms with Crippen LogP contribution in [0.4, 0.5) is 0 Å². The van der Waals surface area contributed by atoms with Crippen LogP contribution in [0.1, 0.15) is 26.3 Å². The van der Waals surface area contributed by atoms with Crippen molar-refractivity contribution in [3.8, 4) is 5.69 Å². The molecule has 0 saturated heterocycles. The molecule has 3 rings (SSSR count). The lowest BCUT2D eigenvalue weighted by molar-refractivity contribution is 0.0691. The highest BCUT2D eigenvalue weighted by molar-refractivity contribution is 6.04. The van der Waals surface area contributed by atoms with Gasteiger partial charge in [0.25, 0.3) is 5.91 Å². The van der Waals surface area contributed by atoms with Crippen LogP contribution in [0.3, 0.4) is 0 Å². The van der Waals surface area contributed by atoms with E-state index in [1.54, 1.807) is 10.8 Å². The lowest BCUT2D eigenvalue weighted by Crippen LogP contribution is -2.24. The fraction of sp³-hybridized carbons (Fsp3) is 0.0526. The fourth-order valence-electron chi connectivity index (χ4n) is 2.43. The highest BCUT2D eigenvalue weighted by atomic mass is 16.4. The number of para-hydroxylation sites is 1. The summed E-state index contributed by atoms with van der Waals surface area (Å²) in [6, 6.07) is 18.7. The predicted octanol–water partition coefficient (Wildman–Crippen LogP) is 3.11. The fourth-order valence-corrected chi connectivity index (χ4v) is 2.43. The number of aromatic nitrogens is 1. The van der Waals surface area contributed by atoms with Gasteiger partial charge in [0.15, 0.2) is 0 Å². The average molecular weight is 320 g/mol. The average Bonchev–Trinajstić information content (AvgIpc) is 3.07. The first-order valence-corrected chi connectivity index (χ1v) is 7.48. The third kappa shape index (κ3) is 3.35. The summed E-state index contributed by atoms with van der Waals surface area (Å²) in [5.41, 5.74) is 1.86. The molecule has 2 N–H and O–H groups in total. The third-order valence-electron chi connectivity index (χ3n) is 3.65. The number of nitrogens with zero attached hydrogens (tertiary/aromatic N) is 1. The van der Waals surface area contributed by atoms with E-state index in [-0.39, 0.29) is 11.1 Å². The Morgan fingerprint density at radius 1 is 0.875 bits per heavy atom. The van der Waals surface area contributed by atoms with Crippen molar-refractivity contribution in [1.29, 1.82) is 0 Å². The number of carbonyl (C=O) groups excluding carboxylic acids is 1. The molecule has 0 aliphatic carbocycles. The minimum atomic E-state index is -1.13. The Balaban J connectivity index is 1.85. The minimum Gasteiger partial charge on any atom is -0.478 e. The number of rotatable bonds is 5. The minimum absolute atomic E-state index is 0.0237. The summed E-state index contributed by atoms with van der Waals surface area (Å²) in [6.07, 6.45) is 2.99. The molecule has 5 nitrogen and oxygen atoms in total. The molecule has 120 valence electrons. The zero-order valence-electron chi connectivity index (χ0n) is 12.8. The van der Waals surface area contributed by atoms with Gasteiger partial charge in [0.2, 0.25) is 0 Å². The molecule has 1 heterocycles. The first kappa shape index (κ1) is 15.6. The molecular formula is C19H16N2O3. The molecule has 24 heavy (non-hydrogen) atoms. The van der Waals surface area contributed by atoms with Gasteiger partial charge < -0.3 is 15.0 Å². The largest absolute Gasteiger partial charge is 0.478 e. The van der Waals surface area contributed by atoms with Crippen molar-refractivity contribution in [2.45, 2.75) is 6.54 Å². The van der Waals surface area contributed by atoms with Crippen molar-refractivity contribution in [1.82, 2.24) is 9.88 Å². The van der Waals surface area contributed by atoms with Crippen LogP contribution in [-0.2, 0) is 6.54 Å². The predicted molar refractivity (Wildman–Crippen MR) is 90.3 cm³/mol. The number of carbonyl (C=O) groups is 2. The summed E-state index contributed by atoms with van der Waals surface area (Å²) < 4.78 is 1.64. The molecule has 0 spiro atoms. The van der Waals surface area contributed by atoms with E-state index in [4.69, 9.17) is 0 Å². The third-order valence-corrected chi connectivity index (χ3v) is 3.65. The highest BCUT2D eigenvalue weighted by Gasteiger charge is 2.19. The topological polar surface area (TPSA) is 71.3 Å². The summed E-state index contributed by atoms with van der Waals surface area (Å²) >= 11 is 0. The summed E-state index contributed by atoms with van der Waals surface area (Å²) in [6.45, 7) is 0.343. The number of carboxylic acids is 1. The maximum Gasteiger partial charge on any atom is 0.338 e. The van der Waals surface area contributed by atoms with Crippen molar-refractivity contribution in [2.24, 2.45) is 0 Å². The molecule has 0 fully saturated rings. The molecule has 0 atom stereocenters. The van der Waals surface area contributed by atoms with Crippen molar-refractivity contribution in [3.05, 3.63) is 89.7 Å². The smallest absolute Gasteiger partial charge is 0.338 e. The summed E-state index contributed by atoms with van der Waals surface area (Å²) in [5, 5.41) is 12.1. The van der Waals surface area contributed by atoms with Crippen LogP contribution in [-0.4, -0.2) is 21.6 Å². The van der Waals surface area contributed by atoms with Gasteiger partial charge in [0.1, 0.15) is 0 Å². The van der Waals surface area contributed by atoms with Gasteiger partial charge in [0, 0.05) is 24.6 Å². The summed E-state index contributed by atoms with van der Waals surface area (Å²) in [5.74, 6) is -1.54. The number of nitrogens with one attached hydrogen (secondary N) is 1. The number of hydrogen-bond donors (Lipinski definition) is 2. The van der Waals surface area contributed by atoms with Crippen molar-refractivity contribution in [2.75, 3.05) is 0 Å². The Labute approximate surface area is 139 Å². The van der Waals surface area contributed by atoms with E-state index in [0.717, 1.165) is 11.3 Å². The van der Waals surface area contributed by atoms with Gasteiger partial charge in [-0.3, -0.25) is 4.79 Å². The standard InChI is InChI=1S/C19H16N2O3/c22-18(20-11-14-7-3-1-4-8-14)16-12-21(13-17(16)19(23)24)15-9-5-2-6-10-15/h1-10,12-13H,11H2,(H,20,22)(H,23,24). The summed E-state index contributed by atoms with van der Waals surface area (Å²) in [4.78, 5) is 23.9. The van der Waals surface area contributed by atoms with Crippen molar-refractivity contribution < 1.29 is 14.7 Å². The maximum atomic E-state index is 12.4. The number of hydrogen-bond acceptors (Lipinski definition) is 2. The van der Waals surface area contributed by atoms with Gasteiger partial charge >= 0.3 is 5.97 Å². The summed E-state index contributed by atoms with van der Waals surface area (Å²) in [7, 11) is 0. The van der Waals surface area contributed by atoms with Crippen LogP contribution < -0.4 is 5.32 Å². The van der Waals surface area contributed by atoms with Crippen LogP contribution in [0.5, 0.6) is 0 Å². The Morgan fingerprint density at radius 2 is 1.46 bits per heavy atom.